The molecule has 2 rings (SSSR count). The van der Waals surface area contributed by atoms with E-state index < -0.39 is 10.0 Å². The Morgan fingerprint density at radius 1 is 1.47 bits per heavy atom. The standard InChI is InChI=1S/C11H18N4O3S/c1-8-7-12-14-10(8)13-11(16)9-3-5-15(6-4-9)19(2,17)18/h7,9H,3-6H2,1-2H3,(H2,12,13,14,16). The predicted octanol–water partition coefficient (Wildman–Crippen LogP) is 0.328. The number of aromatic amines is 1. The summed E-state index contributed by atoms with van der Waals surface area (Å²) in [5.41, 5.74) is 0.877. The number of anilines is 1. The number of aromatic nitrogens is 2. The summed E-state index contributed by atoms with van der Waals surface area (Å²) in [7, 11) is -3.15. The van der Waals surface area contributed by atoms with Gasteiger partial charge in [0.15, 0.2) is 0 Å². The zero-order chi connectivity index (χ0) is 14.0. The predicted molar refractivity (Wildman–Crippen MR) is 71.1 cm³/mol. The van der Waals surface area contributed by atoms with E-state index in [1.54, 1.807) is 6.20 Å². The smallest absolute Gasteiger partial charge is 0.228 e. The Morgan fingerprint density at radius 2 is 2.11 bits per heavy atom. The topological polar surface area (TPSA) is 95.2 Å². The maximum absolute atomic E-state index is 12.0. The second-order valence-electron chi connectivity index (χ2n) is 4.85. The lowest BCUT2D eigenvalue weighted by Gasteiger charge is -2.29. The van der Waals surface area contributed by atoms with Crippen LogP contribution in [0.1, 0.15) is 18.4 Å². The number of carbonyl (C=O) groups excluding carboxylic acids is 1. The Labute approximate surface area is 112 Å². The van der Waals surface area contributed by atoms with Crippen LogP contribution in [0.4, 0.5) is 5.82 Å². The van der Waals surface area contributed by atoms with Crippen molar-refractivity contribution in [3.8, 4) is 0 Å². The SMILES string of the molecule is Cc1cn[nH]c1NC(=O)C1CCN(S(C)(=O)=O)CC1. The van der Waals surface area contributed by atoms with E-state index in [0.717, 1.165) is 5.56 Å². The first-order chi connectivity index (χ1) is 8.88. The quantitative estimate of drug-likeness (QED) is 0.837. The summed E-state index contributed by atoms with van der Waals surface area (Å²) in [6.45, 7) is 2.66. The average Bonchev–Trinajstić information content (AvgIpc) is 2.74. The van der Waals surface area contributed by atoms with Gasteiger partial charge in [-0.05, 0) is 19.8 Å². The normalized spacial score (nSPS) is 18.4. The lowest BCUT2D eigenvalue weighted by molar-refractivity contribution is -0.120. The van der Waals surface area contributed by atoms with Crippen molar-refractivity contribution in [3.05, 3.63) is 11.8 Å². The zero-order valence-corrected chi connectivity index (χ0v) is 11.8. The minimum absolute atomic E-state index is 0.0829. The van der Waals surface area contributed by atoms with Crippen LogP contribution in [-0.2, 0) is 14.8 Å². The summed E-state index contributed by atoms with van der Waals surface area (Å²) < 4.78 is 24.2. The van der Waals surface area contributed by atoms with Gasteiger partial charge in [0.1, 0.15) is 5.82 Å². The summed E-state index contributed by atoms with van der Waals surface area (Å²) >= 11 is 0. The number of hydrogen-bond donors (Lipinski definition) is 2. The van der Waals surface area contributed by atoms with Gasteiger partial charge in [-0.25, -0.2) is 12.7 Å². The molecule has 8 heteroatoms. The molecule has 1 aromatic heterocycles. The first kappa shape index (κ1) is 14.0. The Kier molecular flexibility index (Phi) is 3.91. The monoisotopic (exact) mass is 286 g/mol. The van der Waals surface area contributed by atoms with Crippen LogP contribution in [0.3, 0.4) is 0 Å². The van der Waals surface area contributed by atoms with Gasteiger partial charge in [0.05, 0.1) is 12.5 Å². The molecule has 19 heavy (non-hydrogen) atoms. The van der Waals surface area contributed by atoms with Gasteiger partial charge >= 0.3 is 0 Å². The fraction of sp³-hybridized carbons (Fsp3) is 0.636. The molecular formula is C11H18N4O3S. The fourth-order valence-corrected chi connectivity index (χ4v) is 3.02. The van der Waals surface area contributed by atoms with E-state index in [-0.39, 0.29) is 11.8 Å². The lowest BCUT2D eigenvalue weighted by atomic mass is 9.97. The third-order valence-corrected chi connectivity index (χ3v) is 4.67. The zero-order valence-electron chi connectivity index (χ0n) is 11.0. The third kappa shape index (κ3) is 3.32. The molecule has 1 saturated heterocycles. The van der Waals surface area contributed by atoms with Crippen molar-refractivity contribution in [2.24, 2.45) is 5.92 Å². The highest BCUT2D eigenvalue weighted by Crippen LogP contribution is 2.21. The van der Waals surface area contributed by atoms with Crippen LogP contribution in [0, 0.1) is 12.8 Å². The van der Waals surface area contributed by atoms with Gasteiger partial charge in [-0.3, -0.25) is 9.89 Å². The third-order valence-electron chi connectivity index (χ3n) is 3.37. The van der Waals surface area contributed by atoms with Crippen molar-refractivity contribution in [2.45, 2.75) is 19.8 Å². The van der Waals surface area contributed by atoms with Crippen LogP contribution >= 0.6 is 0 Å². The van der Waals surface area contributed by atoms with Gasteiger partial charge in [0.2, 0.25) is 15.9 Å². The summed E-state index contributed by atoms with van der Waals surface area (Å²) in [5, 5.41) is 9.35. The first-order valence-corrected chi connectivity index (χ1v) is 7.98. The number of H-pyrrole nitrogens is 1. The molecule has 0 saturated carbocycles. The number of carbonyl (C=O) groups is 1. The number of rotatable bonds is 3. The molecule has 7 nitrogen and oxygen atoms in total. The van der Waals surface area contributed by atoms with Crippen LogP contribution < -0.4 is 5.32 Å². The molecule has 0 aromatic carbocycles. The Hall–Kier alpha value is -1.41. The second kappa shape index (κ2) is 5.30. The average molecular weight is 286 g/mol. The van der Waals surface area contributed by atoms with Gasteiger partial charge < -0.3 is 5.32 Å². The number of hydrogen-bond acceptors (Lipinski definition) is 4. The van der Waals surface area contributed by atoms with Crippen molar-refractivity contribution >= 4 is 21.7 Å². The molecule has 1 amide bonds. The Balaban J connectivity index is 1.91. The van der Waals surface area contributed by atoms with E-state index in [0.29, 0.717) is 31.7 Å². The summed E-state index contributed by atoms with van der Waals surface area (Å²) in [5.74, 6) is 0.372. The van der Waals surface area contributed by atoms with E-state index in [1.807, 2.05) is 6.92 Å². The summed E-state index contributed by atoms with van der Waals surface area (Å²) in [4.78, 5) is 12.0. The van der Waals surface area contributed by atoms with Crippen LogP contribution in [0.15, 0.2) is 6.20 Å². The number of aryl methyl sites for hydroxylation is 1. The van der Waals surface area contributed by atoms with Crippen LogP contribution in [0.5, 0.6) is 0 Å². The highest BCUT2D eigenvalue weighted by Gasteiger charge is 2.29. The van der Waals surface area contributed by atoms with E-state index in [1.165, 1.54) is 10.6 Å². The van der Waals surface area contributed by atoms with Crippen LogP contribution in [0.25, 0.3) is 0 Å². The minimum atomic E-state index is -3.15. The van der Waals surface area contributed by atoms with Gasteiger partial charge in [0, 0.05) is 24.6 Å². The maximum atomic E-state index is 12.0. The van der Waals surface area contributed by atoms with Gasteiger partial charge in [0.25, 0.3) is 0 Å². The molecule has 2 heterocycles. The van der Waals surface area contributed by atoms with Crippen molar-refractivity contribution in [3.63, 3.8) is 0 Å². The molecule has 1 aromatic rings. The van der Waals surface area contributed by atoms with E-state index in [9.17, 15) is 13.2 Å². The van der Waals surface area contributed by atoms with Crippen LogP contribution in [-0.4, -0.2) is 48.2 Å². The highest BCUT2D eigenvalue weighted by atomic mass is 32.2. The largest absolute Gasteiger partial charge is 0.311 e. The highest BCUT2D eigenvalue weighted by molar-refractivity contribution is 7.88. The molecule has 0 atom stereocenters. The minimum Gasteiger partial charge on any atom is -0.311 e. The van der Waals surface area contributed by atoms with Crippen LogP contribution in [0.2, 0.25) is 0 Å². The maximum Gasteiger partial charge on any atom is 0.228 e. The first-order valence-electron chi connectivity index (χ1n) is 6.14. The van der Waals surface area contributed by atoms with Crippen molar-refractivity contribution in [1.82, 2.24) is 14.5 Å². The van der Waals surface area contributed by atoms with E-state index in [2.05, 4.69) is 15.5 Å². The second-order valence-corrected chi connectivity index (χ2v) is 6.84. The van der Waals surface area contributed by atoms with Crippen molar-refractivity contribution in [1.29, 1.82) is 0 Å². The molecule has 0 spiro atoms. The van der Waals surface area contributed by atoms with Crippen molar-refractivity contribution < 1.29 is 13.2 Å². The van der Waals surface area contributed by atoms with Crippen molar-refractivity contribution in [2.75, 3.05) is 24.7 Å². The molecule has 1 aliphatic rings. The molecule has 0 unspecified atom stereocenters. The van der Waals surface area contributed by atoms with E-state index in [4.69, 9.17) is 0 Å². The molecule has 106 valence electrons. The number of amides is 1. The Morgan fingerprint density at radius 3 is 2.58 bits per heavy atom. The molecular weight excluding hydrogens is 268 g/mol. The molecule has 0 radical (unpaired) electrons. The number of nitrogens with zero attached hydrogens (tertiary/aromatic N) is 2. The summed E-state index contributed by atoms with van der Waals surface area (Å²) in [6.07, 6.45) is 3.93. The molecule has 1 fully saturated rings. The summed E-state index contributed by atoms with van der Waals surface area (Å²) in [6, 6.07) is 0. The number of piperidine rings is 1. The van der Waals surface area contributed by atoms with E-state index >= 15 is 0 Å². The molecule has 1 aliphatic heterocycles. The lowest BCUT2D eigenvalue weighted by Crippen LogP contribution is -2.40. The molecule has 0 bridgehead atoms. The number of nitrogens with one attached hydrogen (secondary N) is 2. The van der Waals surface area contributed by atoms with Gasteiger partial charge in [-0.2, -0.15) is 5.10 Å². The van der Waals surface area contributed by atoms with Gasteiger partial charge in [-0.1, -0.05) is 0 Å². The number of sulfonamides is 1. The molecule has 2 N–H and O–H groups in total. The Bertz CT molecular complexity index is 558. The van der Waals surface area contributed by atoms with Gasteiger partial charge in [-0.15, -0.1) is 0 Å². The molecule has 0 aliphatic carbocycles. The fourth-order valence-electron chi connectivity index (χ4n) is 2.15.